The minimum atomic E-state index is -1.20. The maximum absolute atomic E-state index is 12.0. The van der Waals surface area contributed by atoms with E-state index in [9.17, 15) is 15.0 Å². The molecular weight excluding hydrogens is 514 g/mol. The van der Waals surface area contributed by atoms with Crippen molar-refractivity contribution in [3.63, 3.8) is 0 Å². The van der Waals surface area contributed by atoms with Crippen molar-refractivity contribution in [2.75, 3.05) is 19.0 Å². The molecule has 2 atom stereocenters. The molecule has 9 nitrogen and oxygen atoms in total. The fourth-order valence-corrected chi connectivity index (χ4v) is 5.93. The Morgan fingerprint density at radius 1 is 1.27 bits per heavy atom. The standard InChI is InChI=1S/C26H32ClN5O4S/c1-15-9-16(11-17(10-15)30-23-29-13-18(27)21(31-23)36-5)19-14-28-22(37-19)26(35)7-6-8-32(24(33)34)20(12-26)25(2,3)4/h9-11,13-14,20,35H,6-8,12H2,1-5H3,(H,33,34)(H,29,30,31)/t20?,26-/m1/s1. The molecule has 0 radical (unpaired) electrons. The van der Waals surface area contributed by atoms with Gasteiger partial charge in [-0.3, -0.25) is 0 Å². The van der Waals surface area contributed by atoms with Gasteiger partial charge in [-0.2, -0.15) is 4.98 Å². The van der Waals surface area contributed by atoms with Gasteiger partial charge in [0.05, 0.1) is 18.2 Å². The van der Waals surface area contributed by atoms with Crippen LogP contribution in [0.2, 0.25) is 5.02 Å². The van der Waals surface area contributed by atoms with Crippen molar-refractivity contribution < 1.29 is 19.7 Å². The van der Waals surface area contributed by atoms with E-state index < -0.39 is 11.7 Å². The summed E-state index contributed by atoms with van der Waals surface area (Å²) in [5, 5.41) is 25.7. The van der Waals surface area contributed by atoms with Crippen molar-refractivity contribution in [3.05, 3.63) is 46.2 Å². The number of methoxy groups -OCH3 is 1. The zero-order valence-corrected chi connectivity index (χ0v) is 23.2. The van der Waals surface area contributed by atoms with E-state index in [0.29, 0.717) is 41.8 Å². The number of carboxylic acid groups (broad SMARTS) is 1. The molecule has 0 saturated carbocycles. The number of aryl methyl sites for hydroxylation is 1. The highest BCUT2D eigenvalue weighted by Gasteiger charge is 2.45. The molecule has 1 unspecified atom stereocenters. The minimum Gasteiger partial charge on any atom is -0.480 e. The third kappa shape index (κ3) is 5.97. The number of amides is 1. The van der Waals surface area contributed by atoms with Gasteiger partial charge in [0.1, 0.15) is 15.6 Å². The van der Waals surface area contributed by atoms with Gasteiger partial charge in [-0.1, -0.05) is 38.4 Å². The lowest BCUT2D eigenvalue weighted by atomic mass is 9.79. The molecule has 0 aliphatic carbocycles. The smallest absolute Gasteiger partial charge is 0.407 e. The van der Waals surface area contributed by atoms with Gasteiger partial charge in [0.2, 0.25) is 11.8 Å². The van der Waals surface area contributed by atoms with Gasteiger partial charge >= 0.3 is 6.09 Å². The zero-order valence-electron chi connectivity index (χ0n) is 21.6. The van der Waals surface area contributed by atoms with Crippen LogP contribution in [-0.2, 0) is 5.60 Å². The van der Waals surface area contributed by atoms with Crippen LogP contribution < -0.4 is 10.1 Å². The Balaban J connectivity index is 1.62. The van der Waals surface area contributed by atoms with Crippen LogP contribution in [0.4, 0.5) is 16.4 Å². The normalized spacial score (nSPS) is 20.4. The van der Waals surface area contributed by atoms with Crippen LogP contribution in [0.1, 0.15) is 50.6 Å². The molecule has 198 valence electrons. The highest BCUT2D eigenvalue weighted by molar-refractivity contribution is 7.15. The van der Waals surface area contributed by atoms with Crippen LogP contribution in [0.3, 0.4) is 0 Å². The largest absolute Gasteiger partial charge is 0.480 e. The molecule has 4 rings (SSSR count). The number of likely N-dealkylation sites (tertiary alicyclic amines) is 1. The van der Waals surface area contributed by atoms with Gasteiger partial charge in [-0.05, 0) is 48.4 Å². The minimum absolute atomic E-state index is 0.283. The van der Waals surface area contributed by atoms with E-state index in [4.69, 9.17) is 16.3 Å². The number of rotatable bonds is 5. The second-order valence-corrected chi connectivity index (χ2v) is 11.9. The van der Waals surface area contributed by atoms with Crippen molar-refractivity contribution in [2.45, 2.75) is 58.6 Å². The first-order valence-corrected chi connectivity index (χ1v) is 13.2. The van der Waals surface area contributed by atoms with Crippen LogP contribution in [0.5, 0.6) is 5.88 Å². The summed E-state index contributed by atoms with van der Waals surface area (Å²) in [5.41, 5.74) is 1.20. The van der Waals surface area contributed by atoms with Crippen LogP contribution in [0, 0.1) is 12.3 Å². The topological polar surface area (TPSA) is 121 Å². The Bertz CT molecular complexity index is 1290. The summed E-state index contributed by atoms with van der Waals surface area (Å²) in [5.74, 6) is 0.637. The third-order valence-electron chi connectivity index (χ3n) is 6.57. The molecule has 2 aromatic heterocycles. The molecule has 3 aromatic rings. The zero-order chi connectivity index (χ0) is 27.0. The van der Waals surface area contributed by atoms with Crippen molar-refractivity contribution in [1.82, 2.24) is 19.9 Å². The Morgan fingerprint density at radius 3 is 2.70 bits per heavy atom. The molecule has 1 saturated heterocycles. The van der Waals surface area contributed by atoms with Gasteiger partial charge in [0, 0.05) is 30.9 Å². The molecular formula is C26H32ClN5O4S. The number of thiazole rings is 1. The molecule has 0 bridgehead atoms. The maximum Gasteiger partial charge on any atom is 0.407 e. The highest BCUT2D eigenvalue weighted by Crippen LogP contribution is 2.43. The number of carbonyl (C=O) groups is 1. The molecule has 1 amide bonds. The van der Waals surface area contributed by atoms with Gasteiger partial charge in [-0.15, -0.1) is 11.3 Å². The number of aromatic nitrogens is 3. The first kappa shape index (κ1) is 27.1. The van der Waals surface area contributed by atoms with Crippen molar-refractivity contribution in [1.29, 1.82) is 0 Å². The summed E-state index contributed by atoms with van der Waals surface area (Å²) in [6.07, 6.45) is 3.60. The number of anilines is 2. The van der Waals surface area contributed by atoms with E-state index >= 15 is 0 Å². The first-order chi connectivity index (χ1) is 17.4. The third-order valence-corrected chi connectivity index (χ3v) is 8.07. The first-order valence-electron chi connectivity index (χ1n) is 12.0. The lowest BCUT2D eigenvalue weighted by molar-refractivity contribution is -0.0107. The van der Waals surface area contributed by atoms with Gasteiger partial charge in [0.15, 0.2) is 0 Å². The predicted molar refractivity (Wildman–Crippen MR) is 145 cm³/mol. The molecule has 37 heavy (non-hydrogen) atoms. The Labute approximate surface area is 225 Å². The number of hydrogen-bond donors (Lipinski definition) is 3. The van der Waals surface area contributed by atoms with Gasteiger partial charge < -0.3 is 25.2 Å². The fraction of sp³-hybridized carbons (Fsp3) is 0.462. The molecule has 1 fully saturated rings. The molecule has 3 heterocycles. The maximum atomic E-state index is 12.0. The fourth-order valence-electron chi connectivity index (χ4n) is 4.73. The second kappa shape index (κ2) is 10.4. The highest BCUT2D eigenvalue weighted by atomic mass is 35.5. The van der Waals surface area contributed by atoms with E-state index in [0.717, 1.165) is 21.7 Å². The number of aliphatic hydroxyl groups is 1. The van der Waals surface area contributed by atoms with Crippen LogP contribution in [0.15, 0.2) is 30.6 Å². The summed E-state index contributed by atoms with van der Waals surface area (Å²) < 4.78 is 5.18. The summed E-state index contributed by atoms with van der Waals surface area (Å²) in [6, 6.07) is 5.66. The average Bonchev–Trinajstić information content (AvgIpc) is 3.24. The monoisotopic (exact) mass is 545 g/mol. The second-order valence-electron chi connectivity index (χ2n) is 10.5. The van der Waals surface area contributed by atoms with E-state index in [2.05, 4.69) is 20.3 Å². The summed E-state index contributed by atoms with van der Waals surface area (Å²) in [6.45, 7) is 8.41. The number of benzene rings is 1. The molecule has 3 N–H and O–H groups in total. The molecule has 11 heteroatoms. The van der Waals surface area contributed by atoms with E-state index in [1.807, 2.05) is 45.9 Å². The van der Waals surface area contributed by atoms with Crippen LogP contribution >= 0.6 is 22.9 Å². The van der Waals surface area contributed by atoms with E-state index in [1.54, 1.807) is 6.20 Å². The lowest BCUT2D eigenvalue weighted by Gasteiger charge is -2.40. The summed E-state index contributed by atoms with van der Waals surface area (Å²) >= 11 is 7.47. The lowest BCUT2D eigenvalue weighted by Crippen LogP contribution is -2.48. The molecule has 0 spiro atoms. The van der Waals surface area contributed by atoms with Gasteiger partial charge in [0.25, 0.3) is 0 Å². The average molecular weight is 546 g/mol. The predicted octanol–water partition coefficient (Wildman–Crippen LogP) is 6.08. The number of ether oxygens (including phenoxy) is 1. The SMILES string of the molecule is COc1nc(Nc2cc(C)cc(-c3cnc([C@@]4(O)CCCN(C(=O)O)C(C(C)(C)C)C4)s3)c2)ncc1Cl. The molecule has 1 aromatic carbocycles. The van der Waals surface area contributed by atoms with E-state index in [-0.39, 0.29) is 17.3 Å². The van der Waals surface area contributed by atoms with Crippen LogP contribution in [0.25, 0.3) is 10.4 Å². The van der Waals surface area contributed by atoms with Gasteiger partial charge in [-0.25, -0.2) is 14.8 Å². The number of halogens is 1. The Morgan fingerprint density at radius 2 is 2.03 bits per heavy atom. The number of hydrogen-bond acceptors (Lipinski definition) is 8. The van der Waals surface area contributed by atoms with Crippen LogP contribution in [-0.4, -0.2) is 55.9 Å². The Hall–Kier alpha value is -2.95. The number of nitrogens with zero attached hydrogens (tertiary/aromatic N) is 4. The van der Waals surface area contributed by atoms with E-state index in [1.165, 1.54) is 29.5 Å². The Kier molecular flexibility index (Phi) is 7.64. The van der Waals surface area contributed by atoms with Crippen molar-refractivity contribution in [3.8, 4) is 16.3 Å². The van der Waals surface area contributed by atoms with Crippen molar-refractivity contribution in [2.24, 2.45) is 5.41 Å². The van der Waals surface area contributed by atoms with Crippen molar-refractivity contribution >= 4 is 40.7 Å². The summed E-state index contributed by atoms with van der Waals surface area (Å²) in [4.78, 5) is 27.4. The molecule has 1 aliphatic heterocycles. The summed E-state index contributed by atoms with van der Waals surface area (Å²) in [7, 11) is 1.50. The quantitative estimate of drug-likeness (QED) is 0.352. The molecule has 1 aliphatic rings. The number of nitrogens with one attached hydrogen (secondary N) is 1.